The number of fused-ring (bicyclic) bond motifs is 20. The van der Waals surface area contributed by atoms with Crippen LogP contribution in [0.25, 0.3) is 206 Å². The van der Waals surface area contributed by atoms with Gasteiger partial charge in [-0.1, -0.05) is 109 Å². The predicted octanol–water partition coefficient (Wildman–Crippen LogP) is 37.8. The van der Waals surface area contributed by atoms with Gasteiger partial charge in [-0.15, -0.1) is 0 Å². The first-order valence-electron chi connectivity index (χ1n) is 50.7. The van der Waals surface area contributed by atoms with Gasteiger partial charge in [0.25, 0.3) is 0 Å². The molecule has 0 aliphatic rings. The monoisotopic (exact) mass is 2100 g/mol. The van der Waals surface area contributed by atoms with Crippen LogP contribution in [0.4, 0.5) is 51.2 Å². The molecule has 30 rings (SSSR count). The van der Waals surface area contributed by atoms with E-state index in [2.05, 4.69) is 587 Å². The van der Waals surface area contributed by atoms with E-state index < -0.39 is 0 Å². The number of anilines is 9. The molecule has 0 N–H and O–H groups in total. The third kappa shape index (κ3) is 16.1. The fourth-order valence-electron chi connectivity index (χ4n) is 22.5. The molecule has 30 aromatic rings. The number of hydrogen-bond acceptors (Lipinski definition) is 3. The molecule has 6 nitrogen and oxygen atoms in total. The number of aromatic nitrogens is 3. The van der Waals surface area contributed by atoms with Gasteiger partial charge in [-0.25, -0.2) is 0 Å². The van der Waals surface area contributed by atoms with Crippen molar-refractivity contribution in [1.29, 1.82) is 0 Å². The summed E-state index contributed by atoms with van der Waals surface area (Å²) in [5, 5.41) is 20.7. The van der Waals surface area contributed by atoms with Crippen molar-refractivity contribution in [3.63, 3.8) is 0 Å². The molecule has 0 amide bonds. The zero-order valence-electron chi connectivity index (χ0n) is 81.0. The zero-order chi connectivity index (χ0) is 98.4. The molecule has 0 saturated heterocycles. The Morgan fingerprint density at radius 2 is 0.416 bits per heavy atom. The Bertz CT molecular complexity index is 10400. The Morgan fingerprint density at radius 1 is 0.134 bits per heavy atom. The van der Waals surface area contributed by atoms with Crippen molar-refractivity contribution in [2.24, 2.45) is 0 Å². The first-order valence-corrected chi connectivity index (χ1v) is 55.9. The van der Waals surface area contributed by atoms with Crippen LogP contribution < -0.4 is 14.7 Å². The van der Waals surface area contributed by atoms with Gasteiger partial charge in [0.15, 0.2) is 0 Å². The molecule has 6 heterocycles. The number of nitrogens with zero attached hydrogens (tertiary/aromatic N) is 6. The van der Waals surface area contributed by atoms with Crippen LogP contribution in [-0.4, -0.2) is 57.2 Å². The molecule has 0 fully saturated rings. The quantitative estimate of drug-likeness (QED) is 0.0901. The molecule has 149 heavy (non-hydrogen) atoms. The smallest absolute Gasteiger partial charge is 0.0602 e. The number of rotatable bonds is 16. The van der Waals surface area contributed by atoms with Crippen molar-refractivity contribution in [1.82, 2.24) is 13.7 Å². The Balaban J connectivity index is 0.000000108. The summed E-state index contributed by atoms with van der Waals surface area (Å²) in [4.78, 5) is 7.26. The summed E-state index contributed by atoms with van der Waals surface area (Å²) < 4.78 is 15.9. The van der Waals surface area contributed by atoms with Crippen LogP contribution in [0, 0.1) is 0 Å². The van der Waals surface area contributed by atoms with E-state index in [1.165, 1.54) is 223 Å². The first-order chi connectivity index (χ1) is 73.9. The minimum atomic E-state index is 0.326. The van der Waals surface area contributed by atoms with Crippen molar-refractivity contribution in [3.8, 4) is 61.6 Å². The summed E-state index contributed by atoms with van der Waals surface area (Å²) in [5.41, 5.74) is 30.8. The second kappa shape index (κ2) is 38.0. The molecule has 0 aliphatic heterocycles. The molecular formula is C140H92N6Se3. The maximum atomic E-state index is 2.43. The molecular weight excluding hydrogens is 2000 g/mol. The third-order valence-corrected chi connectivity index (χ3v) is 36.8. The summed E-state index contributed by atoms with van der Waals surface area (Å²) in [5.74, 6) is 0. The van der Waals surface area contributed by atoms with Crippen LogP contribution in [-0.2, 0) is 0 Å². The molecule has 0 aliphatic carbocycles. The molecule has 0 bridgehead atoms. The summed E-state index contributed by atoms with van der Waals surface area (Å²) in [6.45, 7) is 0. The van der Waals surface area contributed by atoms with Crippen LogP contribution in [0.2, 0.25) is 0 Å². The maximum absolute atomic E-state index is 2.43. The average Bonchev–Trinajstić information content (AvgIpc) is 1.61. The second-order valence-electron chi connectivity index (χ2n) is 38.2. The Morgan fingerprint density at radius 3 is 0.846 bits per heavy atom. The predicted molar refractivity (Wildman–Crippen MR) is 639 cm³/mol. The van der Waals surface area contributed by atoms with E-state index in [4.69, 9.17) is 0 Å². The standard InChI is InChI=1S/C48H32N2Se.2C46H30N2Se/c1-3-13-34(14-4-1)39-17-7-10-20-44(39)49(38-28-30-48-43(32-38)42-19-9-12-22-47(42)51-48)37-26-23-33(24-27-37)35-25-29-41-40-18-8-11-21-45(40)50(46(41)31-35)36-15-5-2-6-16-36;1-2-13-34(14-3-1)48-43-18-8-6-16-38(43)39-27-23-33(29-44(39)48)31-21-24-35(25-22-31)47(42-19-10-12-32-11-4-5-15-37(32)42)36-26-28-46-41(30-36)40-17-7-9-20-45(40)49-46;1-2-12-35(13-3-1)48-43-16-8-6-14-39(43)40-26-21-34(29-44(40)48)32-18-22-36(23-19-32)47(37-24-20-31-10-4-5-11-33(31)28-37)38-25-27-46-42(30-38)41-15-7-9-17-45(41)49-46/h1-32H;2*1-30H. The van der Waals surface area contributed by atoms with E-state index in [1.54, 1.807) is 0 Å². The Hall–Kier alpha value is -17.8. The van der Waals surface area contributed by atoms with Crippen LogP contribution in [0.3, 0.4) is 0 Å². The summed E-state index contributed by atoms with van der Waals surface area (Å²) >= 11 is 1.00. The molecule has 24 aromatic carbocycles. The molecule has 6 aromatic heterocycles. The summed E-state index contributed by atoms with van der Waals surface area (Å²) in [6, 6.07) is 204. The van der Waals surface area contributed by atoms with Crippen molar-refractivity contribution in [2.75, 3.05) is 14.7 Å². The minimum absolute atomic E-state index is 0.326. The van der Waals surface area contributed by atoms with E-state index in [0.717, 1.165) is 34.1 Å². The molecule has 0 unspecified atom stereocenters. The van der Waals surface area contributed by atoms with Crippen LogP contribution >= 0.6 is 0 Å². The molecule has 0 atom stereocenters. The van der Waals surface area contributed by atoms with Crippen molar-refractivity contribution in [3.05, 3.63) is 558 Å². The summed E-state index contributed by atoms with van der Waals surface area (Å²) in [6.07, 6.45) is 0. The molecule has 700 valence electrons. The van der Waals surface area contributed by atoms with Crippen molar-refractivity contribution in [2.45, 2.75) is 0 Å². The Labute approximate surface area is 880 Å². The van der Waals surface area contributed by atoms with Gasteiger partial charge in [0.1, 0.15) is 0 Å². The van der Waals surface area contributed by atoms with E-state index >= 15 is 0 Å². The number of benzene rings is 24. The normalized spacial score (nSPS) is 11.6. The van der Waals surface area contributed by atoms with Crippen LogP contribution in [0.15, 0.2) is 558 Å². The van der Waals surface area contributed by atoms with Gasteiger partial charge < -0.3 is 13.7 Å². The van der Waals surface area contributed by atoms with Gasteiger partial charge in [-0.3, -0.25) is 0 Å². The van der Waals surface area contributed by atoms with Gasteiger partial charge in [0, 0.05) is 49.4 Å². The second-order valence-corrected chi connectivity index (χ2v) is 45.0. The number of para-hydroxylation sites is 7. The zero-order valence-corrected chi connectivity index (χ0v) is 86.2. The van der Waals surface area contributed by atoms with E-state index in [-0.39, 0.29) is 0 Å². The van der Waals surface area contributed by atoms with Gasteiger partial charge in [-0.05, 0) is 54.6 Å². The van der Waals surface area contributed by atoms with E-state index in [9.17, 15) is 0 Å². The van der Waals surface area contributed by atoms with Gasteiger partial charge in [0.05, 0.1) is 16.6 Å². The SMILES string of the molecule is c1ccc(-c2ccccc2N(c2ccc(-c3ccc4c5ccccc5n(-c5ccccc5)c4c3)cc2)c2ccc3[se]c4ccccc4c3c2)cc1.c1ccc(-n2c3ccccc3c3ccc(-c4ccc(N(c5ccc6[se]c7ccccc7c6c5)c5cccc6ccccc56)cc4)cc32)cc1.c1ccc(-n2c3ccccc3c3ccc(-c4ccc(N(c5ccc6ccccc6c5)c5ccc6[se]c7ccccc7c6c5)cc4)cc32)cc1. The first kappa shape index (κ1) is 88.8. The molecule has 0 radical (unpaired) electrons. The molecule has 0 spiro atoms. The average molecular weight is 2100 g/mol. The topological polar surface area (TPSA) is 24.5 Å². The third-order valence-electron chi connectivity index (χ3n) is 29.5. The van der Waals surface area contributed by atoms with Gasteiger partial charge >= 0.3 is 644 Å². The van der Waals surface area contributed by atoms with Gasteiger partial charge in [0.2, 0.25) is 0 Å². The van der Waals surface area contributed by atoms with Crippen molar-refractivity contribution < 1.29 is 0 Å². The van der Waals surface area contributed by atoms with Gasteiger partial charge in [-0.2, -0.15) is 0 Å². The van der Waals surface area contributed by atoms with E-state index in [0.29, 0.717) is 43.5 Å². The Kier molecular flexibility index (Phi) is 22.6. The van der Waals surface area contributed by atoms with E-state index in [1.807, 2.05) is 0 Å². The molecule has 0 saturated carbocycles. The fraction of sp³-hybridized carbons (Fsp3) is 0. The minimum Gasteiger partial charge on any atom is -0.0602 e. The fourth-order valence-corrected chi connectivity index (χ4v) is 29.4. The number of hydrogen-bond donors (Lipinski definition) is 0. The van der Waals surface area contributed by atoms with Crippen LogP contribution in [0.5, 0.6) is 0 Å². The van der Waals surface area contributed by atoms with Crippen LogP contribution in [0.1, 0.15) is 0 Å². The molecule has 9 heteroatoms. The summed E-state index contributed by atoms with van der Waals surface area (Å²) in [7, 11) is 0. The van der Waals surface area contributed by atoms with Crippen molar-refractivity contribution >= 4 is 240 Å².